The molecule has 1 aliphatic rings. The number of H-pyrrole nitrogens is 1. The second-order valence-electron chi connectivity index (χ2n) is 7.58. The van der Waals surface area contributed by atoms with Crippen molar-refractivity contribution in [3.05, 3.63) is 40.3 Å². The first-order valence-corrected chi connectivity index (χ1v) is 9.85. The average Bonchev–Trinajstić information content (AvgIpc) is 3.24. The van der Waals surface area contributed by atoms with Crippen molar-refractivity contribution < 1.29 is 9.53 Å². The van der Waals surface area contributed by atoms with Crippen molar-refractivity contribution in [3.63, 3.8) is 0 Å². The summed E-state index contributed by atoms with van der Waals surface area (Å²) in [6.07, 6.45) is 3.34. The van der Waals surface area contributed by atoms with Crippen molar-refractivity contribution in [1.82, 2.24) is 14.9 Å². The predicted molar refractivity (Wildman–Crippen MR) is 109 cm³/mol. The lowest BCUT2D eigenvalue weighted by atomic mass is 10.1. The molecule has 1 amide bonds. The second-order valence-corrected chi connectivity index (χ2v) is 8.44. The number of carbonyl (C=O) groups excluding carboxylic acids is 1. The minimum Gasteiger partial charge on any atom is -0.444 e. The van der Waals surface area contributed by atoms with Crippen LogP contribution in [-0.4, -0.2) is 33.1 Å². The molecule has 1 N–H and O–H groups in total. The number of imidazole rings is 1. The first-order valence-electron chi connectivity index (χ1n) is 9.05. The van der Waals surface area contributed by atoms with Crippen LogP contribution in [0.3, 0.4) is 0 Å². The van der Waals surface area contributed by atoms with E-state index in [1.54, 1.807) is 4.90 Å². The quantitative estimate of drug-likeness (QED) is 0.660. The zero-order valence-corrected chi connectivity index (χ0v) is 17.7. The van der Waals surface area contributed by atoms with Gasteiger partial charge in [0, 0.05) is 22.1 Å². The van der Waals surface area contributed by atoms with E-state index in [1.807, 2.05) is 52.1 Å². The monoisotopic (exact) mass is 429 g/mol. The highest BCUT2D eigenvalue weighted by molar-refractivity contribution is 9.10. The maximum absolute atomic E-state index is 12.5. The van der Waals surface area contributed by atoms with E-state index in [1.165, 1.54) is 0 Å². The molecule has 27 heavy (non-hydrogen) atoms. The van der Waals surface area contributed by atoms with Crippen LogP contribution in [0.15, 0.2) is 28.9 Å². The summed E-state index contributed by atoms with van der Waals surface area (Å²) in [4.78, 5) is 22.2. The van der Waals surface area contributed by atoms with E-state index in [-0.39, 0.29) is 12.1 Å². The number of rotatable bonds is 2. The molecule has 2 heterocycles. The Labute approximate surface area is 168 Å². The van der Waals surface area contributed by atoms with Crippen molar-refractivity contribution in [3.8, 4) is 23.1 Å². The van der Waals surface area contributed by atoms with Gasteiger partial charge >= 0.3 is 6.09 Å². The van der Waals surface area contributed by atoms with Gasteiger partial charge in [-0.2, -0.15) is 0 Å². The number of benzene rings is 1. The minimum absolute atomic E-state index is 0.0843. The van der Waals surface area contributed by atoms with E-state index >= 15 is 0 Å². The van der Waals surface area contributed by atoms with E-state index in [9.17, 15) is 4.79 Å². The summed E-state index contributed by atoms with van der Waals surface area (Å²) in [7, 11) is 0. The van der Waals surface area contributed by atoms with Crippen molar-refractivity contribution in [2.24, 2.45) is 0 Å². The summed E-state index contributed by atoms with van der Waals surface area (Å²) in [6.45, 7) is 8.14. The Kier molecular flexibility index (Phi) is 5.61. The van der Waals surface area contributed by atoms with Crippen LogP contribution in [0, 0.1) is 11.8 Å². The molecule has 1 fully saturated rings. The van der Waals surface area contributed by atoms with Gasteiger partial charge in [0.2, 0.25) is 0 Å². The first kappa shape index (κ1) is 19.5. The summed E-state index contributed by atoms with van der Waals surface area (Å²) in [6, 6.07) is 5.94. The molecule has 1 aromatic heterocycles. The van der Waals surface area contributed by atoms with Gasteiger partial charge in [-0.25, -0.2) is 9.78 Å². The molecule has 0 radical (unpaired) electrons. The van der Waals surface area contributed by atoms with Crippen LogP contribution in [0.2, 0.25) is 0 Å². The molecule has 1 aliphatic heterocycles. The van der Waals surface area contributed by atoms with Crippen LogP contribution < -0.4 is 0 Å². The number of hydrogen-bond acceptors (Lipinski definition) is 3. The zero-order chi connectivity index (χ0) is 19.6. The van der Waals surface area contributed by atoms with Crippen LogP contribution in [0.5, 0.6) is 0 Å². The molecule has 1 atom stereocenters. The number of amides is 1. The van der Waals surface area contributed by atoms with E-state index in [0.717, 1.165) is 40.0 Å². The number of aromatic amines is 1. The summed E-state index contributed by atoms with van der Waals surface area (Å²) >= 11 is 3.52. The van der Waals surface area contributed by atoms with Gasteiger partial charge in [-0.1, -0.05) is 12.0 Å². The maximum Gasteiger partial charge on any atom is 0.410 e. The third-order valence-electron chi connectivity index (χ3n) is 4.33. The highest BCUT2D eigenvalue weighted by Crippen LogP contribution is 2.33. The molecule has 0 unspecified atom stereocenters. The maximum atomic E-state index is 12.5. The molecule has 0 aliphatic carbocycles. The molecule has 0 bridgehead atoms. The van der Waals surface area contributed by atoms with Gasteiger partial charge in [0.15, 0.2) is 0 Å². The van der Waals surface area contributed by atoms with Gasteiger partial charge in [0.25, 0.3) is 0 Å². The number of likely N-dealkylation sites (tertiary alicyclic amines) is 1. The minimum atomic E-state index is -0.507. The topological polar surface area (TPSA) is 58.2 Å². The third kappa shape index (κ3) is 4.54. The lowest BCUT2D eigenvalue weighted by molar-refractivity contribution is 0.0219. The van der Waals surface area contributed by atoms with E-state index < -0.39 is 5.60 Å². The molecule has 1 saturated heterocycles. The van der Waals surface area contributed by atoms with Crippen molar-refractivity contribution in [2.45, 2.75) is 52.2 Å². The Morgan fingerprint density at radius 2 is 2.19 bits per heavy atom. The molecule has 3 rings (SSSR count). The first-order chi connectivity index (χ1) is 12.8. The summed E-state index contributed by atoms with van der Waals surface area (Å²) in [5.74, 6) is 6.81. The van der Waals surface area contributed by atoms with Gasteiger partial charge in [0.1, 0.15) is 11.4 Å². The van der Waals surface area contributed by atoms with E-state index in [4.69, 9.17) is 4.74 Å². The van der Waals surface area contributed by atoms with Gasteiger partial charge in [-0.15, -0.1) is 5.92 Å². The van der Waals surface area contributed by atoms with Crippen molar-refractivity contribution in [2.75, 3.05) is 6.54 Å². The van der Waals surface area contributed by atoms with Gasteiger partial charge in [-0.05, 0) is 68.6 Å². The molecule has 2 aromatic rings. The van der Waals surface area contributed by atoms with E-state index in [0.29, 0.717) is 6.54 Å². The number of aromatic nitrogens is 2. The second kappa shape index (κ2) is 7.77. The zero-order valence-electron chi connectivity index (χ0n) is 16.1. The number of nitrogens with one attached hydrogen (secondary N) is 1. The number of halogens is 1. The van der Waals surface area contributed by atoms with Crippen LogP contribution in [-0.2, 0) is 4.74 Å². The highest BCUT2D eigenvalue weighted by atomic mass is 79.9. The lowest BCUT2D eigenvalue weighted by Crippen LogP contribution is -2.36. The van der Waals surface area contributed by atoms with Crippen LogP contribution >= 0.6 is 15.9 Å². The number of hydrogen-bond donors (Lipinski definition) is 1. The molecule has 5 nitrogen and oxygen atoms in total. The Bertz CT molecular complexity index is 902. The lowest BCUT2D eigenvalue weighted by Gasteiger charge is -2.27. The fraction of sp³-hybridized carbons (Fsp3) is 0.429. The highest BCUT2D eigenvalue weighted by Gasteiger charge is 2.34. The largest absolute Gasteiger partial charge is 0.444 e. The van der Waals surface area contributed by atoms with Crippen LogP contribution in [0.4, 0.5) is 4.79 Å². The molecule has 0 spiro atoms. The Morgan fingerprint density at radius 3 is 2.89 bits per heavy atom. The normalized spacial score (nSPS) is 16.8. The molecular formula is C21H24BrN3O2. The van der Waals surface area contributed by atoms with Crippen LogP contribution in [0.25, 0.3) is 11.3 Å². The van der Waals surface area contributed by atoms with Crippen molar-refractivity contribution in [1.29, 1.82) is 0 Å². The van der Waals surface area contributed by atoms with E-state index in [2.05, 4.69) is 37.7 Å². The number of ether oxygens (including phenoxy) is 1. The fourth-order valence-corrected chi connectivity index (χ4v) is 3.51. The van der Waals surface area contributed by atoms with Gasteiger partial charge in [0.05, 0.1) is 17.9 Å². The average molecular weight is 430 g/mol. The smallest absolute Gasteiger partial charge is 0.410 e. The summed E-state index contributed by atoms with van der Waals surface area (Å²) in [5.41, 5.74) is 2.35. The summed E-state index contributed by atoms with van der Waals surface area (Å²) < 4.78 is 6.51. The third-order valence-corrected chi connectivity index (χ3v) is 5.02. The van der Waals surface area contributed by atoms with Crippen LogP contribution in [0.1, 0.15) is 58.0 Å². The van der Waals surface area contributed by atoms with Gasteiger partial charge < -0.3 is 9.72 Å². The molecular weight excluding hydrogens is 406 g/mol. The fourth-order valence-electron chi connectivity index (χ4n) is 3.17. The SMILES string of the molecule is CC#Cc1cc(-c2cnc([C@@H]3CCCN3C(=O)OC(C)(C)C)[nH]2)ccc1Br. The molecule has 142 valence electrons. The summed E-state index contributed by atoms with van der Waals surface area (Å²) in [5, 5.41) is 0. The predicted octanol–water partition coefficient (Wildman–Crippen LogP) is 5.28. The standard InChI is InChI=1S/C21H24BrN3O2/c1-5-7-14-12-15(9-10-16(14)22)17-13-23-19(24-17)18-8-6-11-25(18)20(26)27-21(2,3)4/h9-10,12-13,18H,6,8,11H2,1-4H3,(H,23,24)/t18-/m0/s1. The Balaban J connectivity index is 1.83. The Hall–Kier alpha value is -2.26. The Morgan fingerprint density at radius 1 is 1.41 bits per heavy atom. The molecule has 0 saturated carbocycles. The molecule has 6 heteroatoms. The molecule has 1 aromatic carbocycles. The number of carbonyl (C=O) groups is 1. The van der Waals surface area contributed by atoms with Crippen molar-refractivity contribution >= 4 is 22.0 Å². The van der Waals surface area contributed by atoms with Gasteiger partial charge in [-0.3, -0.25) is 4.90 Å². The number of nitrogens with zero attached hydrogens (tertiary/aromatic N) is 2.